The van der Waals surface area contributed by atoms with Crippen LogP contribution < -0.4 is 0 Å². The van der Waals surface area contributed by atoms with Gasteiger partial charge < -0.3 is 9.84 Å². The highest BCUT2D eigenvalue weighted by molar-refractivity contribution is 7.11. The van der Waals surface area contributed by atoms with Crippen LogP contribution in [0.25, 0.3) is 0 Å². The second-order valence-electron chi connectivity index (χ2n) is 6.25. The maximum atomic E-state index is 9.60. The first-order chi connectivity index (χ1) is 9.67. The van der Waals surface area contributed by atoms with Crippen LogP contribution in [-0.2, 0) is 17.6 Å². The molecule has 0 radical (unpaired) electrons. The van der Waals surface area contributed by atoms with E-state index < -0.39 is 0 Å². The smallest absolute Gasteiger partial charge is 0.0928 e. The van der Waals surface area contributed by atoms with E-state index in [1.807, 2.05) is 11.3 Å². The molecule has 1 aromatic rings. The number of aliphatic hydroxyl groups excluding tert-OH is 1. The summed E-state index contributed by atoms with van der Waals surface area (Å²) in [6.07, 6.45) is 4.58. The summed E-state index contributed by atoms with van der Waals surface area (Å²) in [4.78, 5) is 8.64. The van der Waals surface area contributed by atoms with Crippen molar-refractivity contribution < 1.29 is 9.84 Å². The minimum atomic E-state index is -0.0371. The number of thiazole rings is 1. The fourth-order valence-corrected chi connectivity index (χ4v) is 4.54. The molecule has 20 heavy (non-hydrogen) atoms. The van der Waals surface area contributed by atoms with E-state index in [2.05, 4.69) is 18.9 Å². The molecule has 1 saturated heterocycles. The Morgan fingerprint density at radius 3 is 2.90 bits per heavy atom. The second-order valence-corrected chi connectivity index (χ2v) is 7.36. The summed E-state index contributed by atoms with van der Waals surface area (Å²) in [6.45, 7) is 4.69. The molecule has 1 fully saturated rings. The molecule has 0 bridgehead atoms. The zero-order valence-corrected chi connectivity index (χ0v) is 13.2. The molecule has 1 N–H and O–H groups in total. The zero-order valence-electron chi connectivity index (χ0n) is 12.4. The van der Waals surface area contributed by atoms with Crippen LogP contribution in [-0.4, -0.2) is 48.4 Å². The average molecular weight is 296 g/mol. The number of rotatable bonds is 5. The van der Waals surface area contributed by atoms with Crippen molar-refractivity contribution in [1.82, 2.24) is 9.88 Å². The maximum absolute atomic E-state index is 9.60. The van der Waals surface area contributed by atoms with Crippen LogP contribution in [0.2, 0.25) is 0 Å². The largest absolute Gasteiger partial charge is 0.396 e. The Hall–Kier alpha value is -0.490. The Morgan fingerprint density at radius 1 is 1.50 bits per heavy atom. The first-order valence-corrected chi connectivity index (χ1v) is 8.36. The summed E-state index contributed by atoms with van der Waals surface area (Å²) >= 11 is 1.88. The summed E-state index contributed by atoms with van der Waals surface area (Å²) < 4.78 is 5.31. The van der Waals surface area contributed by atoms with E-state index in [4.69, 9.17) is 9.72 Å². The van der Waals surface area contributed by atoms with Gasteiger partial charge in [-0.05, 0) is 32.7 Å². The number of hydrogen-bond donors (Lipinski definition) is 1. The number of aromatic nitrogens is 1. The van der Waals surface area contributed by atoms with Crippen LogP contribution in [0.3, 0.4) is 0 Å². The lowest BCUT2D eigenvalue weighted by Gasteiger charge is -2.44. The topological polar surface area (TPSA) is 45.6 Å². The third-order valence-corrected chi connectivity index (χ3v) is 5.88. The Labute approximate surface area is 124 Å². The molecular formula is C15H24N2O2S. The number of fused-ring (bicyclic) bond motifs is 1. The van der Waals surface area contributed by atoms with Gasteiger partial charge in [-0.25, -0.2) is 4.98 Å². The molecule has 1 unspecified atom stereocenters. The van der Waals surface area contributed by atoms with Crippen molar-refractivity contribution in [3.63, 3.8) is 0 Å². The van der Waals surface area contributed by atoms with Gasteiger partial charge in [0.15, 0.2) is 0 Å². The van der Waals surface area contributed by atoms with E-state index in [0.717, 1.165) is 19.4 Å². The molecule has 112 valence electrons. The van der Waals surface area contributed by atoms with Crippen LogP contribution in [0.1, 0.15) is 41.4 Å². The molecule has 4 nitrogen and oxygen atoms in total. The van der Waals surface area contributed by atoms with Gasteiger partial charge in [0.05, 0.1) is 35.9 Å². The molecule has 0 spiro atoms. The lowest BCUT2D eigenvalue weighted by molar-refractivity contribution is -0.149. The van der Waals surface area contributed by atoms with Gasteiger partial charge in [-0.3, -0.25) is 4.90 Å². The zero-order chi connectivity index (χ0) is 14.2. The molecule has 2 heterocycles. The van der Waals surface area contributed by atoms with Crippen molar-refractivity contribution >= 4 is 11.3 Å². The molecule has 0 amide bonds. The Bertz CT molecular complexity index is 465. The number of hydrogen-bond acceptors (Lipinski definition) is 5. The van der Waals surface area contributed by atoms with E-state index >= 15 is 0 Å². The van der Waals surface area contributed by atoms with Gasteiger partial charge in [-0.15, -0.1) is 11.3 Å². The third-order valence-electron chi connectivity index (χ3n) is 4.54. The minimum Gasteiger partial charge on any atom is -0.396 e. The van der Waals surface area contributed by atoms with Crippen LogP contribution in [0.5, 0.6) is 0 Å². The van der Waals surface area contributed by atoms with E-state index in [-0.39, 0.29) is 12.0 Å². The number of ether oxygens (including phenoxy) is 1. The van der Waals surface area contributed by atoms with E-state index in [9.17, 15) is 5.11 Å². The van der Waals surface area contributed by atoms with Crippen LogP contribution >= 0.6 is 11.3 Å². The summed E-state index contributed by atoms with van der Waals surface area (Å²) in [5.41, 5.74) is 1.28. The predicted octanol–water partition coefficient (Wildman–Crippen LogP) is 2.02. The highest BCUT2D eigenvalue weighted by Crippen LogP contribution is 2.39. The SMILES string of the molecule is CCc1nc2c(s1)C(N(C)CC1(CO)COC1)CCC2. The first-order valence-electron chi connectivity index (χ1n) is 7.55. The van der Waals surface area contributed by atoms with Crippen molar-refractivity contribution in [3.8, 4) is 0 Å². The molecule has 1 atom stereocenters. The second kappa shape index (κ2) is 5.72. The summed E-state index contributed by atoms with van der Waals surface area (Å²) in [7, 11) is 2.18. The standard InChI is InChI=1S/C15H24N2O2S/c1-3-13-16-11-5-4-6-12(14(11)20-13)17(2)7-15(8-18)9-19-10-15/h12,18H,3-10H2,1-2H3. The molecule has 3 rings (SSSR count). The van der Waals surface area contributed by atoms with Crippen molar-refractivity contribution in [2.24, 2.45) is 5.41 Å². The van der Waals surface area contributed by atoms with Gasteiger partial charge in [0.25, 0.3) is 0 Å². The summed E-state index contributed by atoms with van der Waals surface area (Å²) in [5.74, 6) is 0. The lowest BCUT2D eigenvalue weighted by atomic mass is 9.85. The Kier molecular flexibility index (Phi) is 4.13. The quantitative estimate of drug-likeness (QED) is 0.903. The molecular weight excluding hydrogens is 272 g/mol. The summed E-state index contributed by atoms with van der Waals surface area (Å²) in [6, 6.07) is 0.473. The maximum Gasteiger partial charge on any atom is 0.0928 e. The Balaban J connectivity index is 1.76. The highest BCUT2D eigenvalue weighted by Gasteiger charge is 2.41. The van der Waals surface area contributed by atoms with Gasteiger partial charge in [-0.2, -0.15) is 0 Å². The normalized spacial score (nSPS) is 24.5. The van der Waals surface area contributed by atoms with Gasteiger partial charge in [0.2, 0.25) is 0 Å². The van der Waals surface area contributed by atoms with Gasteiger partial charge in [-0.1, -0.05) is 6.92 Å². The van der Waals surface area contributed by atoms with Crippen LogP contribution in [0.15, 0.2) is 0 Å². The monoisotopic (exact) mass is 296 g/mol. The van der Waals surface area contributed by atoms with E-state index in [1.165, 1.54) is 28.4 Å². The molecule has 0 aromatic carbocycles. The number of aliphatic hydroxyl groups is 1. The van der Waals surface area contributed by atoms with Crippen LogP contribution in [0.4, 0.5) is 0 Å². The van der Waals surface area contributed by atoms with Crippen LogP contribution in [0, 0.1) is 5.41 Å². The van der Waals surface area contributed by atoms with Crippen molar-refractivity contribution in [3.05, 3.63) is 15.6 Å². The van der Waals surface area contributed by atoms with E-state index in [0.29, 0.717) is 19.3 Å². The van der Waals surface area contributed by atoms with E-state index in [1.54, 1.807) is 0 Å². The number of nitrogens with zero attached hydrogens (tertiary/aromatic N) is 2. The molecule has 5 heteroatoms. The molecule has 2 aliphatic rings. The highest BCUT2D eigenvalue weighted by atomic mass is 32.1. The fourth-order valence-electron chi connectivity index (χ4n) is 3.28. The van der Waals surface area contributed by atoms with Gasteiger partial charge in [0, 0.05) is 17.5 Å². The molecule has 1 aliphatic heterocycles. The predicted molar refractivity (Wildman–Crippen MR) is 80.1 cm³/mol. The first kappa shape index (κ1) is 14.4. The third kappa shape index (κ3) is 2.52. The molecule has 0 saturated carbocycles. The average Bonchev–Trinajstić information content (AvgIpc) is 2.85. The van der Waals surface area contributed by atoms with Crippen molar-refractivity contribution in [1.29, 1.82) is 0 Å². The van der Waals surface area contributed by atoms with Crippen molar-refractivity contribution in [2.45, 2.75) is 38.6 Å². The molecule has 1 aromatic heterocycles. The van der Waals surface area contributed by atoms with Crippen molar-refractivity contribution in [2.75, 3.05) is 33.4 Å². The Morgan fingerprint density at radius 2 is 2.30 bits per heavy atom. The number of aryl methyl sites for hydroxylation is 2. The van der Waals surface area contributed by atoms with Gasteiger partial charge in [0.1, 0.15) is 0 Å². The van der Waals surface area contributed by atoms with Gasteiger partial charge >= 0.3 is 0 Å². The molecule has 1 aliphatic carbocycles. The lowest BCUT2D eigenvalue weighted by Crippen LogP contribution is -2.53. The fraction of sp³-hybridized carbons (Fsp3) is 0.800. The summed E-state index contributed by atoms with van der Waals surface area (Å²) in [5, 5.41) is 10.9. The minimum absolute atomic E-state index is 0.0371.